The summed E-state index contributed by atoms with van der Waals surface area (Å²) in [6.07, 6.45) is -3.43. The highest BCUT2D eigenvalue weighted by Crippen LogP contribution is 2.32. The average molecular weight is 346 g/mol. The highest BCUT2D eigenvalue weighted by Gasteiger charge is 2.31. The number of hydrogen-bond acceptors (Lipinski definition) is 3. The van der Waals surface area contributed by atoms with Crippen LogP contribution in [-0.2, 0) is 6.18 Å². The molecule has 0 aliphatic carbocycles. The zero-order valence-electron chi connectivity index (χ0n) is 14.3. The zero-order valence-corrected chi connectivity index (χ0v) is 14.3. The zero-order chi connectivity index (χ0) is 18.4. The number of imidazole rings is 1. The van der Waals surface area contributed by atoms with Crippen molar-refractivity contribution in [2.24, 2.45) is 10.2 Å². The van der Waals surface area contributed by atoms with Gasteiger partial charge in [-0.3, -0.25) is 4.40 Å². The van der Waals surface area contributed by atoms with Crippen molar-refractivity contribution >= 4 is 17.2 Å². The van der Waals surface area contributed by atoms with Crippen molar-refractivity contribution in [3.8, 4) is 0 Å². The summed E-state index contributed by atoms with van der Waals surface area (Å²) < 4.78 is 40.2. The van der Waals surface area contributed by atoms with Gasteiger partial charge < -0.3 is 0 Å². The lowest BCUT2D eigenvalue weighted by atomic mass is 10.1. The molecule has 0 aliphatic rings. The maximum Gasteiger partial charge on any atom is 0.417 e. The van der Waals surface area contributed by atoms with Gasteiger partial charge in [0, 0.05) is 6.20 Å². The SMILES string of the molecule is Cc1cc(C)c(N=Nc2c(C)nc3ccc(C(F)(F)F)cn23)c(C)c1. The summed E-state index contributed by atoms with van der Waals surface area (Å²) >= 11 is 0. The van der Waals surface area contributed by atoms with Crippen molar-refractivity contribution in [1.29, 1.82) is 0 Å². The number of pyridine rings is 1. The van der Waals surface area contributed by atoms with E-state index in [9.17, 15) is 13.2 Å². The fraction of sp³-hybridized carbons (Fsp3) is 0.278. The molecule has 0 bridgehead atoms. The molecule has 0 fully saturated rings. The van der Waals surface area contributed by atoms with E-state index in [1.54, 1.807) is 6.92 Å². The van der Waals surface area contributed by atoms with E-state index in [0.29, 0.717) is 22.8 Å². The van der Waals surface area contributed by atoms with E-state index in [1.165, 1.54) is 10.5 Å². The number of hydrogen-bond donors (Lipinski definition) is 0. The number of aromatic nitrogens is 2. The van der Waals surface area contributed by atoms with E-state index in [1.807, 2.05) is 32.9 Å². The molecule has 0 atom stereocenters. The van der Waals surface area contributed by atoms with E-state index < -0.39 is 11.7 Å². The highest BCUT2D eigenvalue weighted by atomic mass is 19.4. The summed E-state index contributed by atoms with van der Waals surface area (Å²) in [5.74, 6) is 0.292. The van der Waals surface area contributed by atoms with Gasteiger partial charge in [-0.25, -0.2) is 4.98 Å². The van der Waals surface area contributed by atoms with Crippen LogP contribution >= 0.6 is 0 Å². The Kier molecular flexibility index (Phi) is 4.10. The van der Waals surface area contributed by atoms with E-state index in [2.05, 4.69) is 15.2 Å². The molecular weight excluding hydrogens is 329 g/mol. The van der Waals surface area contributed by atoms with Crippen molar-refractivity contribution in [3.63, 3.8) is 0 Å². The molecule has 0 saturated carbocycles. The number of alkyl halides is 3. The Morgan fingerprint density at radius 3 is 2.20 bits per heavy atom. The lowest BCUT2D eigenvalue weighted by molar-refractivity contribution is -0.137. The van der Waals surface area contributed by atoms with Gasteiger partial charge in [0.25, 0.3) is 0 Å². The van der Waals surface area contributed by atoms with Crippen LogP contribution < -0.4 is 0 Å². The third kappa shape index (κ3) is 3.26. The van der Waals surface area contributed by atoms with Crippen molar-refractivity contribution in [2.45, 2.75) is 33.9 Å². The Labute approximate surface area is 143 Å². The van der Waals surface area contributed by atoms with Crippen LogP contribution in [0, 0.1) is 27.7 Å². The van der Waals surface area contributed by atoms with E-state index >= 15 is 0 Å². The van der Waals surface area contributed by atoms with Gasteiger partial charge in [0.15, 0.2) is 5.82 Å². The lowest BCUT2D eigenvalue weighted by Crippen LogP contribution is -2.06. The molecular formula is C18H17F3N4. The van der Waals surface area contributed by atoms with E-state index in [4.69, 9.17) is 0 Å². The number of halogens is 3. The van der Waals surface area contributed by atoms with Gasteiger partial charge in [-0.1, -0.05) is 17.7 Å². The predicted octanol–water partition coefficient (Wildman–Crippen LogP) is 6.00. The lowest BCUT2D eigenvalue weighted by Gasteiger charge is -2.07. The number of nitrogens with zero attached hydrogens (tertiary/aromatic N) is 4. The summed E-state index contributed by atoms with van der Waals surface area (Å²) in [7, 11) is 0. The van der Waals surface area contributed by atoms with Gasteiger partial charge in [-0.05, 0) is 51.0 Å². The third-order valence-corrected chi connectivity index (χ3v) is 3.97. The van der Waals surface area contributed by atoms with Crippen LogP contribution in [0.4, 0.5) is 24.7 Å². The number of aryl methyl sites for hydroxylation is 4. The molecule has 0 saturated heterocycles. The standard InChI is InChI=1S/C18H17F3N4/c1-10-7-11(2)16(12(3)8-10)23-24-17-13(4)22-15-6-5-14(9-25(15)17)18(19,20)21/h5-9H,1-4H3. The second kappa shape index (κ2) is 5.98. The van der Waals surface area contributed by atoms with Crippen LogP contribution in [0.3, 0.4) is 0 Å². The predicted molar refractivity (Wildman–Crippen MR) is 89.8 cm³/mol. The van der Waals surface area contributed by atoms with Gasteiger partial charge >= 0.3 is 6.18 Å². The molecule has 2 aromatic heterocycles. The van der Waals surface area contributed by atoms with Crippen LogP contribution in [0.15, 0.2) is 40.7 Å². The van der Waals surface area contributed by atoms with Gasteiger partial charge in [0.05, 0.1) is 16.9 Å². The molecule has 25 heavy (non-hydrogen) atoms. The number of rotatable bonds is 2. The van der Waals surface area contributed by atoms with Crippen LogP contribution in [0.1, 0.15) is 27.9 Å². The molecule has 3 aromatic rings. The highest BCUT2D eigenvalue weighted by molar-refractivity contribution is 5.55. The maximum atomic E-state index is 13.0. The van der Waals surface area contributed by atoms with E-state index in [0.717, 1.165) is 29.0 Å². The minimum absolute atomic E-state index is 0.292. The number of fused-ring (bicyclic) bond motifs is 1. The van der Waals surface area contributed by atoms with E-state index in [-0.39, 0.29) is 0 Å². The fourth-order valence-corrected chi connectivity index (χ4v) is 2.87. The monoisotopic (exact) mass is 346 g/mol. The van der Waals surface area contributed by atoms with Crippen LogP contribution in [0.2, 0.25) is 0 Å². The Hall–Kier alpha value is -2.70. The first kappa shape index (κ1) is 17.1. The summed E-state index contributed by atoms with van der Waals surface area (Å²) in [5.41, 5.74) is 3.92. The molecule has 0 amide bonds. The molecule has 2 heterocycles. The minimum Gasteiger partial charge on any atom is -0.282 e. The van der Waals surface area contributed by atoms with Crippen molar-refractivity contribution in [1.82, 2.24) is 9.38 Å². The first-order chi connectivity index (χ1) is 11.7. The number of benzene rings is 1. The summed E-state index contributed by atoms with van der Waals surface area (Å²) in [6.45, 7) is 7.55. The van der Waals surface area contributed by atoms with Crippen molar-refractivity contribution in [3.05, 3.63) is 58.4 Å². The van der Waals surface area contributed by atoms with Crippen LogP contribution in [0.25, 0.3) is 5.65 Å². The fourth-order valence-electron chi connectivity index (χ4n) is 2.87. The second-order valence-electron chi connectivity index (χ2n) is 6.11. The molecule has 4 nitrogen and oxygen atoms in total. The quantitative estimate of drug-likeness (QED) is 0.525. The topological polar surface area (TPSA) is 42.0 Å². The summed E-state index contributed by atoms with van der Waals surface area (Å²) in [4.78, 5) is 4.25. The van der Waals surface area contributed by atoms with Gasteiger partial charge in [-0.15, -0.1) is 10.2 Å². The Morgan fingerprint density at radius 1 is 0.960 bits per heavy atom. The van der Waals surface area contributed by atoms with Gasteiger partial charge in [0.2, 0.25) is 0 Å². The molecule has 130 valence electrons. The van der Waals surface area contributed by atoms with Gasteiger partial charge in [-0.2, -0.15) is 13.2 Å². The largest absolute Gasteiger partial charge is 0.417 e. The second-order valence-corrected chi connectivity index (χ2v) is 6.11. The third-order valence-electron chi connectivity index (χ3n) is 3.97. The average Bonchev–Trinajstić information content (AvgIpc) is 2.80. The van der Waals surface area contributed by atoms with Crippen molar-refractivity contribution in [2.75, 3.05) is 0 Å². The molecule has 3 rings (SSSR count). The van der Waals surface area contributed by atoms with Crippen LogP contribution in [0.5, 0.6) is 0 Å². The minimum atomic E-state index is -4.43. The Balaban J connectivity index is 2.11. The van der Waals surface area contributed by atoms with Crippen LogP contribution in [-0.4, -0.2) is 9.38 Å². The first-order valence-corrected chi connectivity index (χ1v) is 7.72. The van der Waals surface area contributed by atoms with Gasteiger partial charge in [0.1, 0.15) is 5.65 Å². The smallest absolute Gasteiger partial charge is 0.282 e. The Morgan fingerprint density at radius 2 is 1.60 bits per heavy atom. The van der Waals surface area contributed by atoms with Crippen molar-refractivity contribution < 1.29 is 13.2 Å². The molecule has 1 aromatic carbocycles. The molecule has 0 N–H and O–H groups in total. The summed E-state index contributed by atoms with van der Waals surface area (Å²) in [6, 6.07) is 6.32. The first-order valence-electron chi connectivity index (χ1n) is 7.72. The molecule has 7 heteroatoms. The molecule has 0 aliphatic heterocycles. The Bertz CT molecular complexity index is 961. The molecule has 0 spiro atoms. The summed E-state index contributed by atoms with van der Waals surface area (Å²) in [5, 5.41) is 8.47. The molecule has 0 radical (unpaired) electrons. The maximum absolute atomic E-state index is 13.0. The number of azo groups is 1. The normalized spacial score (nSPS) is 12.4. The molecule has 0 unspecified atom stereocenters.